The fourth-order valence-electron chi connectivity index (χ4n) is 2.02. The third kappa shape index (κ3) is 4.43. The molecule has 1 unspecified atom stereocenters. The van der Waals surface area contributed by atoms with Crippen LogP contribution in [0.4, 0.5) is 0 Å². The van der Waals surface area contributed by atoms with Crippen LogP contribution >= 0.6 is 15.9 Å². The Bertz CT molecular complexity index is 322. The lowest BCUT2D eigenvalue weighted by atomic mass is 10.1. The van der Waals surface area contributed by atoms with Crippen molar-refractivity contribution in [3.63, 3.8) is 0 Å². The van der Waals surface area contributed by atoms with Crippen molar-refractivity contribution >= 4 is 15.9 Å². The van der Waals surface area contributed by atoms with Gasteiger partial charge in [0.25, 0.3) is 0 Å². The lowest BCUT2D eigenvalue weighted by Gasteiger charge is -2.16. The Balaban J connectivity index is 2.49. The minimum atomic E-state index is 0.627. The molecule has 0 bridgehead atoms. The van der Waals surface area contributed by atoms with E-state index in [1.807, 2.05) is 6.20 Å². The van der Waals surface area contributed by atoms with Crippen molar-refractivity contribution in [1.82, 2.24) is 15.1 Å². The van der Waals surface area contributed by atoms with Crippen LogP contribution in [0.5, 0.6) is 0 Å². The number of hydrogen-bond acceptors (Lipinski definition) is 2. The summed E-state index contributed by atoms with van der Waals surface area (Å²) in [6.07, 6.45) is 6.56. The third-order valence-corrected chi connectivity index (χ3v) is 3.77. The maximum Gasteiger partial charge on any atom is 0.0635 e. The fraction of sp³-hybridized carbons (Fsp3) is 0.769. The van der Waals surface area contributed by atoms with Gasteiger partial charge in [-0.25, -0.2) is 0 Å². The van der Waals surface area contributed by atoms with E-state index in [2.05, 4.69) is 51.8 Å². The van der Waals surface area contributed by atoms with Gasteiger partial charge in [-0.15, -0.1) is 0 Å². The molecule has 0 aliphatic rings. The Morgan fingerprint density at radius 3 is 2.76 bits per heavy atom. The van der Waals surface area contributed by atoms with Gasteiger partial charge >= 0.3 is 0 Å². The fourth-order valence-corrected chi connectivity index (χ4v) is 2.51. The van der Waals surface area contributed by atoms with E-state index in [0.29, 0.717) is 6.04 Å². The van der Waals surface area contributed by atoms with E-state index in [4.69, 9.17) is 0 Å². The number of hydrogen-bond donors (Lipinski definition) is 1. The van der Waals surface area contributed by atoms with E-state index in [1.54, 1.807) is 0 Å². The summed E-state index contributed by atoms with van der Waals surface area (Å²) in [5.74, 6) is 0. The Morgan fingerprint density at radius 2 is 2.18 bits per heavy atom. The van der Waals surface area contributed by atoms with E-state index in [9.17, 15) is 0 Å². The predicted molar refractivity (Wildman–Crippen MR) is 76.3 cm³/mol. The van der Waals surface area contributed by atoms with Gasteiger partial charge in [-0.2, -0.15) is 5.10 Å². The topological polar surface area (TPSA) is 29.9 Å². The van der Waals surface area contributed by atoms with Crippen LogP contribution in [0.2, 0.25) is 0 Å². The first kappa shape index (κ1) is 14.7. The van der Waals surface area contributed by atoms with Gasteiger partial charge in [-0.1, -0.05) is 13.8 Å². The summed E-state index contributed by atoms with van der Waals surface area (Å²) < 4.78 is 3.22. The first-order valence-corrected chi connectivity index (χ1v) is 7.45. The number of rotatable bonds is 8. The first-order valence-electron chi connectivity index (χ1n) is 6.66. The highest BCUT2D eigenvalue weighted by Crippen LogP contribution is 2.18. The molecule has 1 aromatic rings. The number of aryl methyl sites for hydroxylation is 1. The molecule has 4 heteroatoms. The average molecular weight is 302 g/mol. The molecule has 1 aromatic heterocycles. The molecule has 0 amide bonds. The van der Waals surface area contributed by atoms with Crippen LogP contribution in [0.3, 0.4) is 0 Å². The molecule has 3 nitrogen and oxygen atoms in total. The second kappa shape index (κ2) is 7.88. The van der Waals surface area contributed by atoms with Crippen molar-refractivity contribution in [1.29, 1.82) is 0 Å². The standard InChI is InChI=1S/C13H24BrN3/c1-4-9-15-11(5-2)7-8-13-12(14)10-16-17(13)6-3/h10-11,15H,4-9H2,1-3H3. The molecule has 0 fully saturated rings. The minimum Gasteiger partial charge on any atom is -0.314 e. The van der Waals surface area contributed by atoms with Crippen LogP contribution in [0.1, 0.15) is 45.7 Å². The largest absolute Gasteiger partial charge is 0.314 e. The van der Waals surface area contributed by atoms with Crippen molar-refractivity contribution < 1.29 is 0 Å². The summed E-state index contributed by atoms with van der Waals surface area (Å²) in [5.41, 5.74) is 1.32. The zero-order chi connectivity index (χ0) is 12.7. The number of nitrogens with zero attached hydrogens (tertiary/aromatic N) is 2. The van der Waals surface area contributed by atoms with Crippen molar-refractivity contribution in [3.8, 4) is 0 Å². The molecule has 98 valence electrons. The molecule has 0 radical (unpaired) electrons. The van der Waals surface area contributed by atoms with Gasteiger partial charge in [-0.05, 0) is 55.1 Å². The molecule has 1 N–H and O–H groups in total. The molecule has 0 saturated carbocycles. The third-order valence-electron chi connectivity index (χ3n) is 3.10. The van der Waals surface area contributed by atoms with Crippen molar-refractivity contribution in [2.75, 3.05) is 6.54 Å². The van der Waals surface area contributed by atoms with Crippen LogP contribution in [-0.2, 0) is 13.0 Å². The normalized spacial score (nSPS) is 12.9. The average Bonchev–Trinajstić information content (AvgIpc) is 2.70. The van der Waals surface area contributed by atoms with Crippen LogP contribution in [0.15, 0.2) is 10.7 Å². The van der Waals surface area contributed by atoms with Gasteiger partial charge < -0.3 is 5.32 Å². The smallest absolute Gasteiger partial charge is 0.0635 e. The Labute approximate surface area is 113 Å². The van der Waals surface area contributed by atoms with Gasteiger partial charge in [0.2, 0.25) is 0 Å². The summed E-state index contributed by atoms with van der Waals surface area (Å²) in [7, 11) is 0. The minimum absolute atomic E-state index is 0.627. The molecule has 1 atom stereocenters. The second-order valence-corrected chi connectivity index (χ2v) is 5.21. The predicted octanol–water partition coefficient (Wildman–Crippen LogP) is 3.38. The molecular formula is C13H24BrN3. The maximum absolute atomic E-state index is 4.35. The SMILES string of the molecule is CCCNC(CC)CCc1c(Br)cnn1CC. The molecule has 0 aliphatic carbocycles. The summed E-state index contributed by atoms with van der Waals surface area (Å²) >= 11 is 3.58. The molecule has 1 heterocycles. The maximum atomic E-state index is 4.35. The number of halogens is 1. The summed E-state index contributed by atoms with van der Waals surface area (Å²) in [6, 6.07) is 0.627. The van der Waals surface area contributed by atoms with Gasteiger partial charge in [0.05, 0.1) is 16.4 Å². The molecule has 0 aliphatic heterocycles. The van der Waals surface area contributed by atoms with E-state index in [0.717, 1.165) is 24.0 Å². The highest BCUT2D eigenvalue weighted by atomic mass is 79.9. The molecule has 17 heavy (non-hydrogen) atoms. The molecule has 1 rings (SSSR count). The van der Waals surface area contributed by atoms with Gasteiger partial charge in [0.1, 0.15) is 0 Å². The summed E-state index contributed by atoms with van der Waals surface area (Å²) in [5, 5.41) is 7.94. The molecular weight excluding hydrogens is 278 g/mol. The Kier molecular flexibility index (Phi) is 6.82. The number of aromatic nitrogens is 2. The van der Waals surface area contributed by atoms with Gasteiger partial charge in [0.15, 0.2) is 0 Å². The zero-order valence-electron chi connectivity index (χ0n) is 11.2. The second-order valence-electron chi connectivity index (χ2n) is 4.35. The number of nitrogens with one attached hydrogen (secondary N) is 1. The van der Waals surface area contributed by atoms with Crippen LogP contribution in [-0.4, -0.2) is 22.4 Å². The van der Waals surface area contributed by atoms with Crippen molar-refractivity contribution in [2.45, 2.75) is 59.0 Å². The monoisotopic (exact) mass is 301 g/mol. The highest BCUT2D eigenvalue weighted by molar-refractivity contribution is 9.10. The summed E-state index contributed by atoms with van der Waals surface area (Å²) in [4.78, 5) is 0. The van der Waals surface area contributed by atoms with Crippen LogP contribution in [0.25, 0.3) is 0 Å². The van der Waals surface area contributed by atoms with E-state index in [-0.39, 0.29) is 0 Å². The zero-order valence-corrected chi connectivity index (χ0v) is 12.8. The van der Waals surface area contributed by atoms with E-state index >= 15 is 0 Å². The molecule has 0 aromatic carbocycles. The van der Waals surface area contributed by atoms with E-state index in [1.165, 1.54) is 25.0 Å². The van der Waals surface area contributed by atoms with E-state index < -0.39 is 0 Å². The Hall–Kier alpha value is -0.350. The lowest BCUT2D eigenvalue weighted by molar-refractivity contribution is 0.459. The van der Waals surface area contributed by atoms with Gasteiger partial charge in [0, 0.05) is 12.6 Å². The van der Waals surface area contributed by atoms with Gasteiger partial charge in [-0.3, -0.25) is 4.68 Å². The first-order chi connectivity index (χ1) is 8.22. The molecule has 0 spiro atoms. The van der Waals surface area contributed by atoms with Crippen LogP contribution in [0, 0.1) is 0 Å². The molecule has 0 saturated heterocycles. The quantitative estimate of drug-likeness (QED) is 0.798. The van der Waals surface area contributed by atoms with Crippen LogP contribution < -0.4 is 5.32 Å². The summed E-state index contributed by atoms with van der Waals surface area (Å²) in [6.45, 7) is 8.66. The highest BCUT2D eigenvalue weighted by Gasteiger charge is 2.11. The Morgan fingerprint density at radius 1 is 1.41 bits per heavy atom. The van der Waals surface area contributed by atoms with Crippen molar-refractivity contribution in [2.24, 2.45) is 0 Å². The lowest BCUT2D eigenvalue weighted by Crippen LogP contribution is -2.29. The van der Waals surface area contributed by atoms with Crippen molar-refractivity contribution in [3.05, 3.63) is 16.4 Å².